The van der Waals surface area contributed by atoms with Gasteiger partial charge in [-0.15, -0.1) is 12.4 Å². The Kier molecular flexibility index (Phi) is 6.09. The van der Waals surface area contributed by atoms with E-state index in [1.165, 1.54) is 6.92 Å². The molecule has 1 aliphatic carbocycles. The Morgan fingerprint density at radius 2 is 2.06 bits per heavy atom. The number of aliphatic carboxylic acids is 1. The van der Waals surface area contributed by atoms with Crippen LogP contribution in [0.15, 0.2) is 0 Å². The average Bonchev–Trinajstić information content (AvgIpc) is 2.19. The van der Waals surface area contributed by atoms with Gasteiger partial charge in [-0.1, -0.05) is 6.42 Å². The summed E-state index contributed by atoms with van der Waals surface area (Å²) in [5, 5.41) is 36.8. The fourth-order valence-corrected chi connectivity index (χ4v) is 2.43. The van der Waals surface area contributed by atoms with Gasteiger partial charge in [-0.25, -0.2) is 0 Å². The van der Waals surface area contributed by atoms with Crippen molar-refractivity contribution in [3.63, 3.8) is 0 Å². The van der Waals surface area contributed by atoms with Crippen LogP contribution in [0.4, 0.5) is 0 Å². The predicted octanol–water partition coefficient (Wildman–Crippen LogP) is -0.396. The molecule has 106 valence electrons. The zero-order valence-electron chi connectivity index (χ0n) is 10.4. The van der Waals surface area contributed by atoms with Gasteiger partial charge in [0.15, 0.2) is 0 Å². The van der Waals surface area contributed by atoms with E-state index < -0.39 is 24.2 Å². The standard InChI is InChI=1S/C10H20BNO5.ClH/c1-9(15)4-2-7(3-5-11(16)17)6-10(9,12)8(13)14;/h7,15-17H,2-6,12H2,1H3,(H,13,14);1H. The van der Waals surface area contributed by atoms with Gasteiger partial charge in [0.25, 0.3) is 0 Å². The molecule has 0 saturated heterocycles. The third-order valence-electron chi connectivity index (χ3n) is 3.83. The first-order chi connectivity index (χ1) is 7.69. The van der Waals surface area contributed by atoms with Gasteiger partial charge >= 0.3 is 13.1 Å². The van der Waals surface area contributed by atoms with Crippen molar-refractivity contribution in [1.29, 1.82) is 0 Å². The Labute approximate surface area is 113 Å². The summed E-state index contributed by atoms with van der Waals surface area (Å²) < 4.78 is 0. The molecule has 6 nitrogen and oxygen atoms in total. The second kappa shape index (κ2) is 6.21. The SMILES string of the molecule is CC1(O)CCC(CCB(O)O)CC1(N)C(=O)O.Cl. The molecule has 1 fully saturated rings. The van der Waals surface area contributed by atoms with Gasteiger partial charge in [0.2, 0.25) is 0 Å². The van der Waals surface area contributed by atoms with E-state index in [1.54, 1.807) is 0 Å². The smallest absolute Gasteiger partial charge is 0.451 e. The highest BCUT2D eigenvalue weighted by molar-refractivity contribution is 6.40. The molecule has 0 bridgehead atoms. The first kappa shape index (κ1) is 17.7. The van der Waals surface area contributed by atoms with E-state index in [0.29, 0.717) is 19.3 Å². The molecule has 0 heterocycles. The van der Waals surface area contributed by atoms with Crippen LogP contribution in [0.2, 0.25) is 6.32 Å². The van der Waals surface area contributed by atoms with Crippen LogP contribution in [-0.2, 0) is 4.79 Å². The highest BCUT2D eigenvalue weighted by Crippen LogP contribution is 2.40. The Hall–Kier alpha value is -0.335. The van der Waals surface area contributed by atoms with Crippen molar-refractivity contribution in [3.8, 4) is 0 Å². The summed E-state index contributed by atoms with van der Waals surface area (Å²) in [4.78, 5) is 11.2. The van der Waals surface area contributed by atoms with E-state index in [2.05, 4.69) is 0 Å². The van der Waals surface area contributed by atoms with Gasteiger partial charge in [-0.2, -0.15) is 0 Å². The summed E-state index contributed by atoms with van der Waals surface area (Å²) in [6.07, 6.45) is 1.80. The van der Waals surface area contributed by atoms with Gasteiger partial charge in [0.1, 0.15) is 5.54 Å². The summed E-state index contributed by atoms with van der Waals surface area (Å²) in [6.45, 7) is 1.44. The van der Waals surface area contributed by atoms with Gasteiger partial charge in [0.05, 0.1) is 5.60 Å². The molecule has 1 rings (SSSR count). The normalized spacial score (nSPS) is 35.7. The average molecular weight is 282 g/mol. The van der Waals surface area contributed by atoms with Crippen molar-refractivity contribution in [2.24, 2.45) is 11.7 Å². The quantitative estimate of drug-likeness (QED) is 0.447. The third kappa shape index (κ3) is 3.58. The van der Waals surface area contributed by atoms with Crippen LogP contribution in [0, 0.1) is 5.92 Å². The topological polar surface area (TPSA) is 124 Å². The molecule has 1 saturated carbocycles. The lowest BCUT2D eigenvalue weighted by Crippen LogP contribution is -2.67. The van der Waals surface area contributed by atoms with Crippen molar-refractivity contribution < 1.29 is 25.1 Å². The molecule has 18 heavy (non-hydrogen) atoms. The summed E-state index contributed by atoms with van der Waals surface area (Å²) in [5.41, 5.74) is 2.72. The first-order valence-electron chi connectivity index (χ1n) is 5.80. The number of hydrogen-bond acceptors (Lipinski definition) is 5. The van der Waals surface area contributed by atoms with Crippen molar-refractivity contribution in [3.05, 3.63) is 0 Å². The molecule has 3 atom stereocenters. The molecular formula is C10H21BClNO5. The van der Waals surface area contributed by atoms with Crippen molar-refractivity contribution in [2.75, 3.05) is 0 Å². The molecule has 0 aromatic carbocycles. The van der Waals surface area contributed by atoms with Gasteiger partial charge in [-0.05, 0) is 38.4 Å². The van der Waals surface area contributed by atoms with Crippen LogP contribution in [0.5, 0.6) is 0 Å². The van der Waals surface area contributed by atoms with E-state index in [4.69, 9.17) is 20.9 Å². The van der Waals surface area contributed by atoms with E-state index >= 15 is 0 Å². The number of halogens is 1. The second-order valence-electron chi connectivity index (χ2n) is 5.22. The lowest BCUT2D eigenvalue weighted by atomic mass is 9.64. The fraction of sp³-hybridized carbons (Fsp3) is 0.900. The highest BCUT2D eigenvalue weighted by atomic mass is 35.5. The Morgan fingerprint density at radius 3 is 2.50 bits per heavy atom. The molecule has 1 aliphatic rings. The van der Waals surface area contributed by atoms with Crippen LogP contribution in [-0.4, -0.2) is 44.5 Å². The minimum Gasteiger partial charge on any atom is -0.480 e. The number of aliphatic hydroxyl groups is 1. The Morgan fingerprint density at radius 1 is 1.50 bits per heavy atom. The van der Waals surface area contributed by atoms with Crippen LogP contribution in [0.1, 0.15) is 32.6 Å². The number of nitrogens with two attached hydrogens (primary N) is 1. The summed E-state index contributed by atoms with van der Waals surface area (Å²) in [6, 6.07) is 0. The van der Waals surface area contributed by atoms with Crippen LogP contribution in [0.25, 0.3) is 0 Å². The van der Waals surface area contributed by atoms with Gasteiger partial charge < -0.3 is 26.0 Å². The third-order valence-corrected chi connectivity index (χ3v) is 3.83. The molecule has 0 radical (unpaired) electrons. The molecule has 3 unspecified atom stereocenters. The molecule has 0 aliphatic heterocycles. The summed E-state index contributed by atoms with van der Waals surface area (Å²) in [7, 11) is -1.38. The van der Waals surface area contributed by atoms with Gasteiger partial charge in [-0.3, -0.25) is 4.79 Å². The number of carbonyl (C=O) groups is 1. The summed E-state index contributed by atoms with van der Waals surface area (Å²) in [5.74, 6) is -1.21. The minimum absolute atomic E-state index is 0. The lowest BCUT2D eigenvalue weighted by molar-refractivity contribution is -0.160. The van der Waals surface area contributed by atoms with E-state index in [1.807, 2.05) is 0 Å². The molecule has 8 heteroatoms. The maximum Gasteiger partial charge on any atom is 0.451 e. The number of rotatable bonds is 4. The van der Waals surface area contributed by atoms with Crippen molar-refractivity contribution in [1.82, 2.24) is 0 Å². The second-order valence-corrected chi connectivity index (χ2v) is 5.22. The largest absolute Gasteiger partial charge is 0.480 e. The maximum absolute atomic E-state index is 11.2. The monoisotopic (exact) mass is 281 g/mol. The van der Waals surface area contributed by atoms with Crippen molar-refractivity contribution >= 4 is 25.5 Å². The number of carboxylic acids is 1. The molecule has 0 aromatic rings. The molecular weight excluding hydrogens is 260 g/mol. The zero-order chi connectivity index (χ0) is 13.3. The Balaban J connectivity index is 0.00000289. The minimum atomic E-state index is -1.66. The molecule has 6 N–H and O–H groups in total. The van der Waals surface area contributed by atoms with E-state index in [-0.39, 0.29) is 31.1 Å². The first-order valence-corrected chi connectivity index (χ1v) is 5.80. The lowest BCUT2D eigenvalue weighted by Gasteiger charge is -2.45. The van der Waals surface area contributed by atoms with E-state index in [0.717, 1.165) is 0 Å². The Bertz CT molecular complexity index is 300. The summed E-state index contributed by atoms with van der Waals surface area (Å²) >= 11 is 0. The predicted molar refractivity (Wildman–Crippen MR) is 69.4 cm³/mol. The molecule has 0 aromatic heterocycles. The van der Waals surface area contributed by atoms with E-state index in [9.17, 15) is 9.90 Å². The van der Waals surface area contributed by atoms with Gasteiger partial charge in [0, 0.05) is 0 Å². The number of hydrogen-bond donors (Lipinski definition) is 5. The van der Waals surface area contributed by atoms with Crippen LogP contribution < -0.4 is 5.73 Å². The highest BCUT2D eigenvalue weighted by Gasteiger charge is 2.53. The fourth-order valence-electron chi connectivity index (χ4n) is 2.43. The van der Waals surface area contributed by atoms with Crippen LogP contribution >= 0.6 is 12.4 Å². The van der Waals surface area contributed by atoms with Crippen LogP contribution in [0.3, 0.4) is 0 Å². The zero-order valence-corrected chi connectivity index (χ0v) is 11.2. The number of carboxylic acid groups (broad SMARTS) is 1. The molecule has 0 amide bonds. The molecule has 0 spiro atoms. The van der Waals surface area contributed by atoms with Crippen molar-refractivity contribution in [2.45, 2.75) is 50.1 Å². The maximum atomic E-state index is 11.2.